The van der Waals surface area contributed by atoms with Crippen LogP contribution in [0.25, 0.3) is 10.9 Å². The fraction of sp³-hybridized carbons (Fsp3) is 0.500. The molecule has 0 atom stereocenters. The minimum Gasteiger partial charge on any atom is -0.497 e. The van der Waals surface area contributed by atoms with E-state index < -0.39 is 0 Å². The van der Waals surface area contributed by atoms with Gasteiger partial charge in [-0.05, 0) is 93.8 Å². The van der Waals surface area contributed by atoms with Crippen LogP contribution in [0.4, 0.5) is 11.8 Å². The summed E-state index contributed by atoms with van der Waals surface area (Å²) in [6.07, 6.45) is 8.44. The number of nitrogens with zero attached hydrogens (tertiary/aromatic N) is 3. The Morgan fingerprint density at radius 1 is 0.941 bits per heavy atom. The lowest BCUT2D eigenvalue weighted by Gasteiger charge is -2.29. The predicted molar refractivity (Wildman–Crippen MR) is 142 cm³/mol. The first-order valence-electron chi connectivity index (χ1n) is 12.7. The van der Waals surface area contributed by atoms with Gasteiger partial charge in [0, 0.05) is 25.5 Å². The van der Waals surface area contributed by atoms with Crippen LogP contribution in [0.2, 0.25) is 0 Å². The van der Waals surface area contributed by atoms with Crippen LogP contribution in [0.3, 0.4) is 0 Å². The molecule has 0 aliphatic heterocycles. The summed E-state index contributed by atoms with van der Waals surface area (Å²) in [6, 6.07) is 17.1. The molecule has 0 bridgehead atoms. The highest BCUT2D eigenvalue weighted by molar-refractivity contribution is 5.90. The van der Waals surface area contributed by atoms with Crippen molar-refractivity contribution in [1.82, 2.24) is 15.3 Å². The summed E-state index contributed by atoms with van der Waals surface area (Å²) in [4.78, 5) is 11.6. The number of ether oxygens (including phenoxy) is 1. The van der Waals surface area contributed by atoms with E-state index in [1.54, 1.807) is 7.11 Å². The Bertz CT molecular complexity index is 1030. The van der Waals surface area contributed by atoms with Crippen molar-refractivity contribution in [2.24, 2.45) is 5.92 Å². The van der Waals surface area contributed by atoms with Gasteiger partial charge in [0.2, 0.25) is 5.95 Å². The standard InChI is InChI=1S/C28H39N5O/c1-33(2)27-25-9-4-5-10-26(25)31-28(32-27)30-23-15-11-22(12-16-23)20-29-19-7-6-8-21-13-17-24(34-3)18-14-21/h4-5,9-10,13-14,17-18,22-23,29H,6-8,11-12,15-16,19-20H2,1-3H3,(H,30,31,32). The van der Waals surface area contributed by atoms with Crippen LogP contribution < -0.4 is 20.3 Å². The SMILES string of the molecule is COc1ccc(CCCCNCC2CCC(Nc3nc(N(C)C)c4ccccc4n3)CC2)cc1. The average Bonchev–Trinajstić information content (AvgIpc) is 2.87. The molecule has 0 radical (unpaired) electrons. The number of benzene rings is 2. The zero-order valence-electron chi connectivity index (χ0n) is 20.9. The molecule has 1 aliphatic rings. The number of rotatable bonds is 11. The molecular weight excluding hydrogens is 422 g/mol. The largest absolute Gasteiger partial charge is 0.497 e. The molecule has 1 aromatic heterocycles. The highest BCUT2D eigenvalue weighted by Gasteiger charge is 2.22. The van der Waals surface area contributed by atoms with Gasteiger partial charge in [-0.1, -0.05) is 24.3 Å². The molecule has 1 heterocycles. The van der Waals surface area contributed by atoms with Crippen molar-refractivity contribution >= 4 is 22.7 Å². The van der Waals surface area contributed by atoms with E-state index in [0.717, 1.165) is 53.8 Å². The summed E-state index contributed by atoms with van der Waals surface area (Å²) in [5.41, 5.74) is 2.38. The van der Waals surface area contributed by atoms with E-state index in [4.69, 9.17) is 14.7 Å². The van der Waals surface area contributed by atoms with E-state index in [2.05, 4.69) is 39.8 Å². The number of hydrogen-bond donors (Lipinski definition) is 2. The van der Waals surface area contributed by atoms with Crippen LogP contribution in [0.5, 0.6) is 5.75 Å². The van der Waals surface area contributed by atoms with Crippen molar-refractivity contribution in [2.45, 2.75) is 51.0 Å². The molecular formula is C28H39N5O. The maximum Gasteiger partial charge on any atom is 0.225 e. The molecule has 6 heteroatoms. The molecule has 2 N–H and O–H groups in total. The van der Waals surface area contributed by atoms with Crippen LogP contribution in [0, 0.1) is 5.92 Å². The lowest BCUT2D eigenvalue weighted by molar-refractivity contribution is 0.323. The Hall–Kier alpha value is -2.86. The number of hydrogen-bond acceptors (Lipinski definition) is 6. The number of para-hydroxylation sites is 1. The molecule has 34 heavy (non-hydrogen) atoms. The van der Waals surface area contributed by atoms with Gasteiger partial charge in [-0.15, -0.1) is 0 Å². The van der Waals surface area contributed by atoms with E-state index in [-0.39, 0.29) is 0 Å². The van der Waals surface area contributed by atoms with Crippen LogP contribution in [0.15, 0.2) is 48.5 Å². The third kappa shape index (κ3) is 6.60. The molecule has 2 aromatic carbocycles. The van der Waals surface area contributed by atoms with Gasteiger partial charge in [0.25, 0.3) is 0 Å². The van der Waals surface area contributed by atoms with Gasteiger partial charge in [0.1, 0.15) is 11.6 Å². The van der Waals surface area contributed by atoms with Gasteiger partial charge in [0.05, 0.1) is 12.6 Å². The number of nitrogens with one attached hydrogen (secondary N) is 2. The van der Waals surface area contributed by atoms with Gasteiger partial charge in [-0.25, -0.2) is 4.98 Å². The first-order chi connectivity index (χ1) is 16.6. The van der Waals surface area contributed by atoms with Gasteiger partial charge in [-0.3, -0.25) is 0 Å². The fourth-order valence-electron chi connectivity index (χ4n) is 4.84. The van der Waals surface area contributed by atoms with Crippen molar-refractivity contribution in [2.75, 3.05) is 44.5 Å². The number of aromatic nitrogens is 2. The molecule has 0 unspecified atom stereocenters. The zero-order chi connectivity index (χ0) is 23.8. The molecule has 3 aromatic rings. The van der Waals surface area contributed by atoms with Gasteiger partial charge < -0.3 is 20.3 Å². The normalized spacial score (nSPS) is 18.1. The Morgan fingerprint density at radius 3 is 2.44 bits per heavy atom. The van der Waals surface area contributed by atoms with E-state index >= 15 is 0 Å². The molecule has 1 saturated carbocycles. The highest BCUT2D eigenvalue weighted by Crippen LogP contribution is 2.28. The number of aryl methyl sites for hydroxylation is 1. The van der Waals surface area contributed by atoms with Gasteiger partial charge in [0.15, 0.2) is 0 Å². The number of fused-ring (bicyclic) bond motifs is 1. The lowest BCUT2D eigenvalue weighted by atomic mass is 9.86. The van der Waals surface area contributed by atoms with Crippen LogP contribution >= 0.6 is 0 Å². The smallest absolute Gasteiger partial charge is 0.225 e. The predicted octanol–water partition coefficient (Wildman–Crippen LogP) is 5.29. The molecule has 0 spiro atoms. The summed E-state index contributed by atoms with van der Waals surface area (Å²) < 4.78 is 5.23. The molecule has 182 valence electrons. The van der Waals surface area contributed by atoms with Crippen molar-refractivity contribution in [3.05, 3.63) is 54.1 Å². The summed E-state index contributed by atoms with van der Waals surface area (Å²) in [5, 5.41) is 8.41. The minimum atomic E-state index is 0.455. The van der Waals surface area contributed by atoms with Crippen molar-refractivity contribution in [1.29, 1.82) is 0 Å². The maximum atomic E-state index is 5.23. The monoisotopic (exact) mass is 461 g/mol. The fourth-order valence-corrected chi connectivity index (χ4v) is 4.84. The minimum absolute atomic E-state index is 0.455. The number of methoxy groups -OCH3 is 1. The molecule has 0 amide bonds. The van der Waals surface area contributed by atoms with Crippen LogP contribution in [-0.4, -0.2) is 50.3 Å². The number of unbranched alkanes of at least 4 members (excludes halogenated alkanes) is 1. The van der Waals surface area contributed by atoms with E-state index in [9.17, 15) is 0 Å². The van der Waals surface area contributed by atoms with Crippen LogP contribution in [-0.2, 0) is 6.42 Å². The quantitative estimate of drug-likeness (QED) is 0.379. The maximum absolute atomic E-state index is 5.23. The summed E-state index contributed by atoms with van der Waals surface area (Å²) in [7, 11) is 5.79. The first kappa shape index (κ1) is 24.3. The second kappa shape index (κ2) is 12.0. The second-order valence-electron chi connectivity index (χ2n) is 9.65. The Labute approximate surface area is 204 Å². The zero-order valence-corrected chi connectivity index (χ0v) is 20.9. The van der Waals surface area contributed by atoms with E-state index in [1.807, 2.05) is 38.4 Å². The average molecular weight is 462 g/mol. The molecule has 1 aliphatic carbocycles. The lowest BCUT2D eigenvalue weighted by Crippen LogP contribution is -2.32. The van der Waals surface area contributed by atoms with Gasteiger partial charge in [-0.2, -0.15) is 4.98 Å². The third-order valence-electron chi connectivity index (χ3n) is 6.85. The Morgan fingerprint density at radius 2 is 1.71 bits per heavy atom. The summed E-state index contributed by atoms with van der Waals surface area (Å²) in [5.74, 6) is 3.42. The van der Waals surface area contributed by atoms with Crippen molar-refractivity contribution in [3.8, 4) is 5.75 Å². The van der Waals surface area contributed by atoms with E-state index in [1.165, 1.54) is 44.1 Å². The molecule has 6 nitrogen and oxygen atoms in total. The first-order valence-corrected chi connectivity index (χ1v) is 12.7. The van der Waals surface area contributed by atoms with Gasteiger partial charge >= 0.3 is 0 Å². The highest BCUT2D eigenvalue weighted by atomic mass is 16.5. The van der Waals surface area contributed by atoms with Crippen molar-refractivity contribution < 1.29 is 4.74 Å². The molecule has 1 fully saturated rings. The Balaban J connectivity index is 1.15. The molecule has 4 rings (SSSR count). The Kier molecular flexibility index (Phi) is 8.58. The summed E-state index contributed by atoms with van der Waals surface area (Å²) >= 11 is 0. The summed E-state index contributed by atoms with van der Waals surface area (Å²) in [6.45, 7) is 2.24. The molecule has 0 saturated heterocycles. The van der Waals surface area contributed by atoms with Crippen molar-refractivity contribution in [3.63, 3.8) is 0 Å². The van der Waals surface area contributed by atoms with Crippen LogP contribution in [0.1, 0.15) is 44.1 Å². The van der Waals surface area contributed by atoms with E-state index in [0.29, 0.717) is 6.04 Å². The number of anilines is 2. The second-order valence-corrected chi connectivity index (χ2v) is 9.65. The topological polar surface area (TPSA) is 62.3 Å². The third-order valence-corrected chi connectivity index (χ3v) is 6.85.